The van der Waals surface area contributed by atoms with Gasteiger partial charge in [0, 0.05) is 13.2 Å². The highest BCUT2D eigenvalue weighted by atomic mass is 28.4. The number of rotatable bonds is 15. The molecule has 0 aliphatic carbocycles. The van der Waals surface area contributed by atoms with Crippen molar-refractivity contribution < 1.29 is 8.85 Å². The van der Waals surface area contributed by atoms with Gasteiger partial charge in [-0.1, -0.05) is 95.9 Å². The molecule has 0 saturated carbocycles. The quantitative estimate of drug-likeness (QED) is 0.191. The Labute approximate surface area is 180 Å². The predicted molar refractivity (Wildman–Crippen MR) is 132 cm³/mol. The topological polar surface area (TPSA) is 18.5 Å². The Bertz CT molecular complexity index is 322. The summed E-state index contributed by atoms with van der Waals surface area (Å²) in [5.74, 6) is 0. The van der Waals surface area contributed by atoms with Crippen molar-refractivity contribution in [1.82, 2.24) is 0 Å². The first-order valence-electron chi connectivity index (χ1n) is 12.1. The molecule has 170 valence electrons. The van der Waals surface area contributed by atoms with Crippen molar-refractivity contribution in [3.8, 4) is 0 Å². The molecule has 4 heteroatoms. The van der Waals surface area contributed by atoms with Crippen LogP contribution in [0.3, 0.4) is 0 Å². The van der Waals surface area contributed by atoms with E-state index in [1.54, 1.807) is 0 Å². The van der Waals surface area contributed by atoms with E-state index in [2.05, 4.69) is 83.1 Å². The van der Waals surface area contributed by atoms with Gasteiger partial charge >= 0.3 is 0 Å². The molecule has 28 heavy (non-hydrogen) atoms. The lowest BCUT2D eigenvalue weighted by Gasteiger charge is -2.42. The second-order valence-corrected chi connectivity index (χ2v) is 21.7. The molecule has 0 bridgehead atoms. The summed E-state index contributed by atoms with van der Waals surface area (Å²) in [6.07, 6.45) is 4.92. The molecule has 0 radical (unpaired) electrons. The Morgan fingerprint density at radius 1 is 0.393 bits per heavy atom. The van der Waals surface area contributed by atoms with Gasteiger partial charge in [-0.3, -0.25) is 0 Å². The fraction of sp³-hybridized carbons (Fsp3) is 1.00. The molecular weight excluding hydrogens is 376 g/mol. The number of unbranched alkanes of at least 4 members (excludes halogenated alkanes) is 3. The van der Waals surface area contributed by atoms with Gasteiger partial charge in [-0.25, -0.2) is 0 Å². The van der Waals surface area contributed by atoms with Gasteiger partial charge in [0.25, 0.3) is 0 Å². The Balaban J connectivity index is 4.38. The molecule has 0 aliphatic rings. The maximum atomic E-state index is 6.68. The highest BCUT2D eigenvalue weighted by Crippen LogP contribution is 2.43. The summed E-state index contributed by atoms with van der Waals surface area (Å²) in [4.78, 5) is 0. The SMILES string of the molecule is CC(C)[Si](OCCCCCCO[Si](C(C)C)(C(C)C)C(C)C)(C(C)C)C(C)C. The lowest BCUT2D eigenvalue weighted by molar-refractivity contribution is 0.253. The normalized spacial score (nSPS) is 13.9. The molecule has 2 nitrogen and oxygen atoms in total. The van der Waals surface area contributed by atoms with E-state index in [9.17, 15) is 0 Å². The fourth-order valence-corrected chi connectivity index (χ4v) is 17.1. The van der Waals surface area contributed by atoms with Crippen LogP contribution in [0.5, 0.6) is 0 Å². The van der Waals surface area contributed by atoms with Gasteiger partial charge in [-0.2, -0.15) is 0 Å². The molecule has 0 rings (SSSR count). The molecule has 0 N–H and O–H groups in total. The highest BCUT2D eigenvalue weighted by molar-refractivity contribution is 6.78. The van der Waals surface area contributed by atoms with E-state index in [-0.39, 0.29) is 0 Å². The van der Waals surface area contributed by atoms with Gasteiger partial charge < -0.3 is 8.85 Å². The van der Waals surface area contributed by atoms with Crippen LogP contribution >= 0.6 is 0 Å². The summed E-state index contributed by atoms with van der Waals surface area (Å²) in [6, 6.07) is 0. The Morgan fingerprint density at radius 3 is 0.786 bits per heavy atom. The summed E-state index contributed by atoms with van der Waals surface area (Å²) < 4.78 is 13.4. The Kier molecular flexibility index (Phi) is 13.1. The maximum absolute atomic E-state index is 6.68. The van der Waals surface area contributed by atoms with Crippen molar-refractivity contribution >= 4 is 16.6 Å². The first-order valence-corrected chi connectivity index (χ1v) is 16.4. The molecule has 0 spiro atoms. The second-order valence-electron chi connectivity index (χ2n) is 10.7. The minimum atomic E-state index is -1.68. The average Bonchev–Trinajstić information content (AvgIpc) is 2.54. The van der Waals surface area contributed by atoms with Gasteiger partial charge in [-0.05, 0) is 46.1 Å². The molecule has 0 aromatic heterocycles. The Morgan fingerprint density at radius 2 is 0.607 bits per heavy atom. The molecule has 0 atom stereocenters. The molecule has 0 unspecified atom stereocenters. The van der Waals surface area contributed by atoms with Crippen LogP contribution in [0.4, 0.5) is 0 Å². The van der Waals surface area contributed by atoms with Gasteiger partial charge in [0.15, 0.2) is 16.6 Å². The third-order valence-electron chi connectivity index (χ3n) is 7.16. The second kappa shape index (κ2) is 12.9. The largest absolute Gasteiger partial charge is 0.416 e. The zero-order valence-corrected chi connectivity index (χ0v) is 23.5. The molecule has 0 amide bonds. The van der Waals surface area contributed by atoms with Crippen LogP contribution in [-0.4, -0.2) is 29.8 Å². The van der Waals surface area contributed by atoms with E-state index in [4.69, 9.17) is 8.85 Å². The summed E-state index contributed by atoms with van der Waals surface area (Å²) in [5, 5.41) is 0. The summed E-state index contributed by atoms with van der Waals surface area (Å²) >= 11 is 0. The highest BCUT2D eigenvalue weighted by Gasteiger charge is 2.45. The van der Waals surface area contributed by atoms with Crippen molar-refractivity contribution in [3.05, 3.63) is 0 Å². The van der Waals surface area contributed by atoms with Crippen LogP contribution in [-0.2, 0) is 8.85 Å². The van der Waals surface area contributed by atoms with E-state index in [0.29, 0.717) is 33.2 Å². The molecule has 0 saturated heterocycles. The van der Waals surface area contributed by atoms with E-state index in [1.807, 2.05) is 0 Å². The lowest BCUT2D eigenvalue weighted by Crippen LogP contribution is -2.48. The van der Waals surface area contributed by atoms with Gasteiger partial charge in [-0.15, -0.1) is 0 Å². The molecule has 0 aliphatic heterocycles. The molecule has 0 aromatic rings. The monoisotopic (exact) mass is 430 g/mol. The van der Waals surface area contributed by atoms with Crippen molar-refractivity contribution in [2.45, 2.75) is 142 Å². The summed E-state index contributed by atoms with van der Waals surface area (Å²) in [5.41, 5.74) is 4.09. The first-order chi connectivity index (χ1) is 12.9. The number of hydrogen-bond donors (Lipinski definition) is 0. The van der Waals surface area contributed by atoms with Crippen molar-refractivity contribution in [2.24, 2.45) is 0 Å². The predicted octanol–water partition coefficient (Wildman–Crippen LogP) is 8.93. The smallest absolute Gasteiger partial charge is 0.200 e. The third kappa shape index (κ3) is 6.95. The van der Waals surface area contributed by atoms with Crippen molar-refractivity contribution in [3.63, 3.8) is 0 Å². The lowest BCUT2D eigenvalue weighted by atomic mass is 10.2. The van der Waals surface area contributed by atoms with Crippen molar-refractivity contribution in [1.29, 1.82) is 0 Å². The molecular formula is C24H54O2Si2. The van der Waals surface area contributed by atoms with Gasteiger partial charge in [0.2, 0.25) is 0 Å². The fourth-order valence-electron chi connectivity index (χ4n) is 6.06. The number of hydrogen-bond acceptors (Lipinski definition) is 2. The summed E-state index contributed by atoms with van der Waals surface area (Å²) in [6.45, 7) is 30.4. The van der Waals surface area contributed by atoms with E-state index in [0.717, 1.165) is 13.2 Å². The zero-order valence-electron chi connectivity index (χ0n) is 21.5. The van der Waals surface area contributed by atoms with Crippen LogP contribution in [0.15, 0.2) is 0 Å². The maximum Gasteiger partial charge on any atom is 0.200 e. The van der Waals surface area contributed by atoms with Crippen LogP contribution < -0.4 is 0 Å². The molecule has 0 heterocycles. The van der Waals surface area contributed by atoms with Crippen LogP contribution in [0.1, 0.15) is 109 Å². The molecule has 0 aromatic carbocycles. The van der Waals surface area contributed by atoms with Gasteiger partial charge in [0.05, 0.1) is 0 Å². The minimum absolute atomic E-state index is 0.682. The van der Waals surface area contributed by atoms with Crippen LogP contribution in [0.25, 0.3) is 0 Å². The van der Waals surface area contributed by atoms with Gasteiger partial charge in [0.1, 0.15) is 0 Å². The van der Waals surface area contributed by atoms with Crippen molar-refractivity contribution in [2.75, 3.05) is 13.2 Å². The van der Waals surface area contributed by atoms with E-state index in [1.165, 1.54) is 25.7 Å². The minimum Gasteiger partial charge on any atom is -0.416 e. The summed E-state index contributed by atoms with van der Waals surface area (Å²) in [7, 11) is -3.37. The zero-order chi connectivity index (χ0) is 22.1. The average molecular weight is 431 g/mol. The van der Waals surface area contributed by atoms with E-state index >= 15 is 0 Å². The van der Waals surface area contributed by atoms with Crippen LogP contribution in [0.2, 0.25) is 33.2 Å². The third-order valence-corrected chi connectivity index (χ3v) is 19.4. The standard InChI is InChI=1S/C24H54O2Si2/c1-19(2)27(20(3)4,21(5)6)25-17-15-13-14-16-18-26-28(22(7)8,23(9)10)24(11)12/h19-24H,13-18H2,1-12H3. The van der Waals surface area contributed by atoms with Crippen LogP contribution in [0, 0.1) is 0 Å². The molecule has 0 fully saturated rings. The Hall–Kier alpha value is 0.354. The first kappa shape index (κ1) is 28.4. The van der Waals surface area contributed by atoms with E-state index < -0.39 is 16.6 Å².